The van der Waals surface area contributed by atoms with Crippen molar-refractivity contribution in [1.82, 2.24) is 15.3 Å². The van der Waals surface area contributed by atoms with Crippen LogP contribution in [0.15, 0.2) is 11.2 Å². The van der Waals surface area contributed by atoms with Crippen LogP contribution in [0, 0.1) is 13.8 Å². The maximum absolute atomic E-state index is 12.3. The Morgan fingerprint density at radius 3 is 2.62 bits per heavy atom. The van der Waals surface area contributed by atoms with Crippen LogP contribution in [0.1, 0.15) is 24.2 Å². The molecule has 0 radical (unpaired) electrons. The number of nitrogens with one attached hydrogen (secondary N) is 1. The van der Waals surface area contributed by atoms with E-state index in [2.05, 4.69) is 15.3 Å². The molecule has 0 aliphatic carbocycles. The van der Waals surface area contributed by atoms with Crippen LogP contribution in [0.5, 0.6) is 0 Å². The first-order valence-electron chi connectivity index (χ1n) is 5.60. The standard InChI is InChI=1S/C11H17N3OS/c1-8-6-9(2)14-11(13-8)16(15)10-4-3-5-12-7-10/h6,10,12H,3-5,7H2,1-2H3/t10-,16-/m1/s1. The summed E-state index contributed by atoms with van der Waals surface area (Å²) in [6.07, 6.45) is 2.08. The second-order valence-corrected chi connectivity index (χ2v) is 5.83. The van der Waals surface area contributed by atoms with Crippen LogP contribution in [-0.2, 0) is 10.8 Å². The van der Waals surface area contributed by atoms with Crippen molar-refractivity contribution in [3.8, 4) is 0 Å². The second kappa shape index (κ2) is 5.01. The molecule has 5 heteroatoms. The van der Waals surface area contributed by atoms with Crippen LogP contribution < -0.4 is 5.32 Å². The lowest BCUT2D eigenvalue weighted by Gasteiger charge is -2.21. The molecule has 2 rings (SSSR count). The van der Waals surface area contributed by atoms with Gasteiger partial charge < -0.3 is 5.32 Å². The fraction of sp³-hybridized carbons (Fsp3) is 0.636. The van der Waals surface area contributed by atoms with E-state index in [9.17, 15) is 4.21 Å². The highest BCUT2D eigenvalue weighted by Crippen LogP contribution is 2.14. The number of hydrogen-bond donors (Lipinski definition) is 1. The van der Waals surface area contributed by atoms with Crippen LogP contribution in [-0.4, -0.2) is 32.5 Å². The number of nitrogens with zero attached hydrogens (tertiary/aromatic N) is 2. The molecule has 0 saturated carbocycles. The lowest BCUT2D eigenvalue weighted by molar-refractivity contribution is 0.517. The summed E-state index contributed by atoms with van der Waals surface area (Å²) >= 11 is 0. The Hall–Kier alpha value is -0.810. The van der Waals surface area contributed by atoms with E-state index in [0.717, 1.165) is 37.3 Å². The van der Waals surface area contributed by atoms with Crippen molar-refractivity contribution in [3.05, 3.63) is 17.5 Å². The Labute approximate surface area is 98.3 Å². The Kier molecular flexibility index (Phi) is 3.66. The van der Waals surface area contributed by atoms with Gasteiger partial charge in [-0.1, -0.05) is 0 Å². The van der Waals surface area contributed by atoms with Gasteiger partial charge in [-0.25, -0.2) is 9.97 Å². The predicted molar refractivity (Wildman–Crippen MR) is 63.8 cm³/mol. The van der Waals surface area contributed by atoms with E-state index in [-0.39, 0.29) is 5.25 Å². The molecule has 2 heterocycles. The van der Waals surface area contributed by atoms with Gasteiger partial charge in [0.2, 0.25) is 5.16 Å². The van der Waals surface area contributed by atoms with Crippen LogP contribution >= 0.6 is 0 Å². The molecule has 0 spiro atoms. The summed E-state index contributed by atoms with van der Waals surface area (Å²) in [5.74, 6) is 0. The van der Waals surface area contributed by atoms with E-state index in [4.69, 9.17) is 0 Å². The second-order valence-electron chi connectivity index (χ2n) is 4.20. The molecule has 1 aliphatic heterocycles. The zero-order valence-electron chi connectivity index (χ0n) is 9.69. The van der Waals surface area contributed by atoms with Crippen molar-refractivity contribution >= 4 is 10.8 Å². The zero-order valence-corrected chi connectivity index (χ0v) is 10.5. The lowest BCUT2D eigenvalue weighted by Crippen LogP contribution is -2.36. The quantitative estimate of drug-likeness (QED) is 0.781. The van der Waals surface area contributed by atoms with Gasteiger partial charge in [0.25, 0.3) is 0 Å². The van der Waals surface area contributed by atoms with E-state index in [1.165, 1.54) is 0 Å². The van der Waals surface area contributed by atoms with Gasteiger partial charge in [0, 0.05) is 17.9 Å². The number of aromatic nitrogens is 2. The largest absolute Gasteiger partial charge is 0.316 e. The summed E-state index contributed by atoms with van der Waals surface area (Å²) in [7, 11) is -1.08. The van der Waals surface area contributed by atoms with Crippen molar-refractivity contribution in [2.45, 2.75) is 37.1 Å². The molecule has 1 fully saturated rings. The van der Waals surface area contributed by atoms with Gasteiger partial charge in [-0.05, 0) is 39.3 Å². The third-order valence-electron chi connectivity index (χ3n) is 2.70. The SMILES string of the molecule is Cc1cc(C)nc([S@](=O)[C@@H]2CCCNC2)n1. The molecule has 0 unspecified atom stereocenters. The lowest BCUT2D eigenvalue weighted by atomic mass is 10.2. The van der Waals surface area contributed by atoms with Crippen LogP contribution in [0.4, 0.5) is 0 Å². The van der Waals surface area contributed by atoms with Crippen LogP contribution in [0.25, 0.3) is 0 Å². The number of aryl methyl sites for hydroxylation is 2. The van der Waals surface area contributed by atoms with Crippen LogP contribution in [0.3, 0.4) is 0 Å². The van der Waals surface area contributed by atoms with E-state index in [1.807, 2.05) is 19.9 Å². The third kappa shape index (κ3) is 2.65. The first kappa shape index (κ1) is 11.7. The average Bonchev–Trinajstić information content (AvgIpc) is 2.28. The van der Waals surface area contributed by atoms with Gasteiger partial charge in [0.15, 0.2) is 0 Å². The molecule has 2 atom stereocenters. The minimum Gasteiger partial charge on any atom is -0.316 e. The molecule has 88 valence electrons. The Bertz CT molecular complexity index is 382. The molecule has 16 heavy (non-hydrogen) atoms. The number of piperidine rings is 1. The van der Waals surface area contributed by atoms with Crippen molar-refractivity contribution in [3.63, 3.8) is 0 Å². The zero-order chi connectivity index (χ0) is 11.5. The molecule has 1 N–H and O–H groups in total. The van der Waals surface area contributed by atoms with E-state index in [1.54, 1.807) is 0 Å². The molecule has 1 saturated heterocycles. The van der Waals surface area contributed by atoms with Crippen molar-refractivity contribution in [2.75, 3.05) is 13.1 Å². The molecule has 4 nitrogen and oxygen atoms in total. The highest BCUT2D eigenvalue weighted by atomic mass is 32.2. The highest BCUT2D eigenvalue weighted by molar-refractivity contribution is 7.85. The Balaban J connectivity index is 2.19. The van der Waals surface area contributed by atoms with Gasteiger partial charge in [-0.15, -0.1) is 0 Å². The van der Waals surface area contributed by atoms with Crippen molar-refractivity contribution in [2.24, 2.45) is 0 Å². The first-order valence-corrected chi connectivity index (χ1v) is 6.81. The van der Waals surface area contributed by atoms with E-state index < -0.39 is 10.8 Å². The summed E-state index contributed by atoms with van der Waals surface area (Å²) in [4.78, 5) is 8.54. The minimum atomic E-state index is -1.08. The summed E-state index contributed by atoms with van der Waals surface area (Å²) < 4.78 is 12.3. The van der Waals surface area contributed by atoms with Crippen LogP contribution in [0.2, 0.25) is 0 Å². The summed E-state index contributed by atoms with van der Waals surface area (Å²) in [5, 5.41) is 3.92. The summed E-state index contributed by atoms with van der Waals surface area (Å²) in [6, 6.07) is 1.90. The summed E-state index contributed by atoms with van der Waals surface area (Å²) in [6.45, 7) is 5.66. The molecule has 0 bridgehead atoms. The van der Waals surface area contributed by atoms with Gasteiger partial charge in [0.05, 0.1) is 16.0 Å². The third-order valence-corrected chi connectivity index (χ3v) is 4.25. The maximum Gasteiger partial charge on any atom is 0.219 e. The van der Waals surface area contributed by atoms with Crippen molar-refractivity contribution < 1.29 is 4.21 Å². The monoisotopic (exact) mass is 239 g/mol. The molecule has 0 aromatic carbocycles. The normalized spacial score (nSPS) is 23.0. The first-order chi connectivity index (χ1) is 7.66. The van der Waals surface area contributed by atoms with Gasteiger partial charge in [-0.2, -0.15) is 0 Å². The molecule has 1 aromatic rings. The number of rotatable bonds is 2. The molecule has 0 amide bonds. The van der Waals surface area contributed by atoms with Crippen molar-refractivity contribution in [1.29, 1.82) is 0 Å². The molecule has 1 aromatic heterocycles. The van der Waals surface area contributed by atoms with E-state index in [0.29, 0.717) is 5.16 Å². The average molecular weight is 239 g/mol. The smallest absolute Gasteiger partial charge is 0.219 e. The van der Waals surface area contributed by atoms with Gasteiger partial charge >= 0.3 is 0 Å². The summed E-state index contributed by atoms with van der Waals surface area (Å²) in [5.41, 5.74) is 1.78. The maximum atomic E-state index is 12.3. The number of hydrogen-bond acceptors (Lipinski definition) is 4. The molecular weight excluding hydrogens is 222 g/mol. The fourth-order valence-electron chi connectivity index (χ4n) is 1.94. The molecular formula is C11H17N3OS. The highest BCUT2D eigenvalue weighted by Gasteiger charge is 2.23. The van der Waals surface area contributed by atoms with Gasteiger partial charge in [0.1, 0.15) is 0 Å². The topological polar surface area (TPSA) is 54.9 Å². The Morgan fingerprint density at radius 2 is 2.06 bits per heavy atom. The Morgan fingerprint density at radius 1 is 1.38 bits per heavy atom. The predicted octanol–water partition coefficient (Wildman–Crippen LogP) is 0.953. The fourth-order valence-corrected chi connectivity index (χ4v) is 3.35. The minimum absolute atomic E-state index is 0.162. The van der Waals surface area contributed by atoms with E-state index >= 15 is 0 Å². The van der Waals surface area contributed by atoms with Gasteiger partial charge in [-0.3, -0.25) is 4.21 Å². The molecule has 1 aliphatic rings.